The van der Waals surface area contributed by atoms with Crippen LogP contribution in [0, 0.1) is 17.8 Å². The average Bonchev–Trinajstić information content (AvgIpc) is 2.72. The second-order valence-electron chi connectivity index (χ2n) is 5.05. The van der Waals surface area contributed by atoms with Crippen molar-refractivity contribution in [3.63, 3.8) is 0 Å². The Hall–Kier alpha value is -1.18. The zero-order chi connectivity index (χ0) is 10.7. The lowest BCUT2D eigenvalue weighted by Gasteiger charge is -2.13. The Morgan fingerprint density at radius 1 is 1.20 bits per heavy atom. The maximum absolute atomic E-state index is 11.9. The molecule has 15 heavy (non-hydrogen) atoms. The van der Waals surface area contributed by atoms with Crippen molar-refractivity contribution in [2.45, 2.75) is 26.7 Å². The quantitative estimate of drug-likeness (QED) is 0.602. The van der Waals surface area contributed by atoms with Gasteiger partial charge >= 0.3 is 0 Å². The van der Waals surface area contributed by atoms with E-state index in [4.69, 9.17) is 0 Å². The van der Waals surface area contributed by atoms with E-state index in [1.807, 2.05) is 13.8 Å². The number of carbonyl (C=O) groups excluding carboxylic acids is 2. The third-order valence-corrected chi connectivity index (χ3v) is 4.00. The summed E-state index contributed by atoms with van der Waals surface area (Å²) in [6.45, 7) is 3.83. The van der Waals surface area contributed by atoms with Crippen molar-refractivity contribution >= 4 is 11.6 Å². The zero-order valence-corrected chi connectivity index (χ0v) is 9.04. The van der Waals surface area contributed by atoms with Gasteiger partial charge in [-0.3, -0.25) is 9.59 Å². The smallest absolute Gasteiger partial charge is 0.166 e. The lowest BCUT2D eigenvalue weighted by molar-refractivity contribution is -0.122. The number of fused-ring (bicyclic) bond motifs is 2. The molecule has 3 aliphatic rings. The Kier molecular flexibility index (Phi) is 1.63. The molecule has 3 unspecified atom stereocenters. The Balaban J connectivity index is 2.02. The Labute approximate surface area is 89.0 Å². The van der Waals surface area contributed by atoms with Gasteiger partial charge in [0.05, 0.1) is 5.92 Å². The van der Waals surface area contributed by atoms with Crippen molar-refractivity contribution in [1.29, 1.82) is 0 Å². The monoisotopic (exact) mass is 202 g/mol. The van der Waals surface area contributed by atoms with Gasteiger partial charge in [0.1, 0.15) is 0 Å². The first-order valence-electron chi connectivity index (χ1n) is 5.58. The second-order valence-corrected chi connectivity index (χ2v) is 5.05. The van der Waals surface area contributed by atoms with Crippen LogP contribution in [0.15, 0.2) is 22.8 Å². The van der Waals surface area contributed by atoms with Crippen molar-refractivity contribution in [3.8, 4) is 0 Å². The molecule has 2 heteroatoms. The highest BCUT2D eigenvalue weighted by Gasteiger charge is 2.48. The van der Waals surface area contributed by atoms with Gasteiger partial charge < -0.3 is 0 Å². The molecule has 0 aromatic heterocycles. The molecule has 0 saturated carbocycles. The van der Waals surface area contributed by atoms with E-state index in [-0.39, 0.29) is 23.4 Å². The molecule has 0 aliphatic heterocycles. The van der Waals surface area contributed by atoms with Crippen LogP contribution >= 0.6 is 0 Å². The van der Waals surface area contributed by atoms with Crippen molar-refractivity contribution in [3.05, 3.63) is 22.8 Å². The first-order valence-corrected chi connectivity index (χ1v) is 5.58. The first-order chi connectivity index (χ1) is 7.09. The molecule has 3 aliphatic carbocycles. The first kappa shape index (κ1) is 9.08. The molecule has 2 nitrogen and oxygen atoms in total. The summed E-state index contributed by atoms with van der Waals surface area (Å²) in [5, 5.41) is 0. The molecule has 0 fully saturated rings. The summed E-state index contributed by atoms with van der Waals surface area (Å²) in [5.74, 6) is 0.738. The SMILES string of the molecule is CC1=CC2CC3=C(C(=O)C(C)C3)C2C1=O. The van der Waals surface area contributed by atoms with E-state index < -0.39 is 0 Å². The lowest BCUT2D eigenvalue weighted by atomic mass is 9.88. The van der Waals surface area contributed by atoms with Crippen LogP contribution in [0.2, 0.25) is 0 Å². The van der Waals surface area contributed by atoms with Crippen LogP contribution in [-0.4, -0.2) is 11.6 Å². The summed E-state index contributed by atoms with van der Waals surface area (Å²) >= 11 is 0. The zero-order valence-electron chi connectivity index (χ0n) is 9.04. The van der Waals surface area contributed by atoms with E-state index >= 15 is 0 Å². The molecule has 3 rings (SSSR count). The van der Waals surface area contributed by atoms with Gasteiger partial charge in [-0.2, -0.15) is 0 Å². The maximum atomic E-state index is 11.9. The van der Waals surface area contributed by atoms with Crippen LogP contribution in [0.4, 0.5) is 0 Å². The third-order valence-electron chi connectivity index (χ3n) is 4.00. The van der Waals surface area contributed by atoms with E-state index in [9.17, 15) is 9.59 Å². The number of Topliss-reactive ketones (excluding diaryl/α,β-unsaturated/α-hetero) is 2. The molecule has 0 radical (unpaired) electrons. The second kappa shape index (κ2) is 2.69. The molecule has 0 spiro atoms. The van der Waals surface area contributed by atoms with Crippen LogP contribution < -0.4 is 0 Å². The normalized spacial score (nSPS) is 38.5. The molecule has 0 aromatic rings. The number of hydrogen-bond donors (Lipinski definition) is 0. The summed E-state index contributed by atoms with van der Waals surface area (Å²) in [7, 11) is 0. The molecular formula is C13H14O2. The number of carbonyl (C=O) groups is 2. The molecule has 0 aromatic carbocycles. The summed E-state index contributed by atoms with van der Waals surface area (Å²) in [4.78, 5) is 23.9. The fourth-order valence-corrected chi connectivity index (χ4v) is 3.32. The van der Waals surface area contributed by atoms with Crippen molar-refractivity contribution in [2.75, 3.05) is 0 Å². The largest absolute Gasteiger partial charge is 0.294 e. The fourth-order valence-electron chi connectivity index (χ4n) is 3.32. The molecule has 0 bridgehead atoms. The lowest BCUT2D eigenvalue weighted by Crippen LogP contribution is -2.21. The predicted octanol–water partition coefficient (Wildman–Crippen LogP) is 2.06. The molecule has 0 amide bonds. The highest BCUT2D eigenvalue weighted by molar-refractivity contribution is 6.12. The molecule has 3 atom stereocenters. The molecular weight excluding hydrogens is 188 g/mol. The number of ketones is 2. The minimum atomic E-state index is -0.0996. The van der Waals surface area contributed by atoms with E-state index in [2.05, 4.69) is 6.08 Å². The third kappa shape index (κ3) is 0.996. The highest BCUT2D eigenvalue weighted by atomic mass is 16.1. The van der Waals surface area contributed by atoms with Crippen molar-refractivity contribution in [2.24, 2.45) is 17.8 Å². The van der Waals surface area contributed by atoms with E-state index in [0.717, 1.165) is 24.0 Å². The topological polar surface area (TPSA) is 34.1 Å². The van der Waals surface area contributed by atoms with Gasteiger partial charge in [-0.25, -0.2) is 0 Å². The number of rotatable bonds is 0. The summed E-state index contributed by atoms with van der Waals surface area (Å²) in [5.41, 5.74) is 2.99. The summed E-state index contributed by atoms with van der Waals surface area (Å²) in [6.07, 6.45) is 3.89. The highest BCUT2D eigenvalue weighted by Crippen LogP contribution is 2.50. The van der Waals surface area contributed by atoms with Crippen LogP contribution in [-0.2, 0) is 9.59 Å². The molecule has 78 valence electrons. The Bertz CT molecular complexity index is 439. The van der Waals surface area contributed by atoms with Crippen LogP contribution in [0.25, 0.3) is 0 Å². The Morgan fingerprint density at radius 3 is 2.67 bits per heavy atom. The average molecular weight is 202 g/mol. The predicted molar refractivity (Wildman–Crippen MR) is 56.2 cm³/mol. The van der Waals surface area contributed by atoms with Crippen LogP contribution in [0.1, 0.15) is 26.7 Å². The molecule has 0 saturated heterocycles. The van der Waals surface area contributed by atoms with Gasteiger partial charge in [0.2, 0.25) is 0 Å². The van der Waals surface area contributed by atoms with E-state index in [1.165, 1.54) is 5.57 Å². The minimum Gasteiger partial charge on any atom is -0.294 e. The molecule has 0 heterocycles. The van der Waals surface area contributed by atoms with E-state index in [0.29, 0.717) is 5.92 Å². The van der Waals surface area contributed by atoms with Gasteiger partial charge in [0.25, 0.3) is 0 Å². The van der Waals surface area contributed by atoms with Crippen LogP contribution in [0.3, 0.4) is 0 Å². The van der Waals surface area contributed by atoms with Crippen molar-refractivity contribution in [1.82, 2.24) is 0 Å². The minimum absolute atomic E-state index is 0.0996. The van der Waals surface area contributed by atoms with Gasteiger partial charge in [-0.1, -0.05) is 18.6 Å². The van der Waals surface area contributed by atoms with Gasteiger partial charge in [-0.05, 0) is 31.3 Å². The maximum Gasteiger partial charge on any atom is 0.166 e. The fraction of sp³-hybridized carbons (Fsp3) is 0.538. The molecule has 0 N–H and O–H groups in total. The van der Waals surface area contributed by atoms with Gasteiger partial charge in [0.15, 0.2) is 11.6 Å². The standard InChI is InChI=1S/C13H14O2/c1-6-3-8-5-9-4-7(2)13(15)11(9)10(8)12(6)14/h3,7-8,10H,4-5H2,1-2H3. The number of allylic oxidation sites excluding steroid dienone is 4. The van der Waals surface area contributed by atoms with Gasteiger partial charge in [0, 0.05) is 11.5 Å². The van der Waals surface area contributed by atoms with Crippen LogP contribution in [0.5, 0.6) is 0 Å². The van der Waals surface area contributed by atoms with E-state index in [1.54, 1.807) is 0 Å². The summed E-state index contributed by atoms with van der Waals surface area (Å²) < 4.78 is 0. The summed E-state index contributed by atoms with van der Waals surface area (Å²) in [6, 6.07) is 0. The van der Waals surface area contributed by atoms with Gasteiger partial charge in [-0.15, -0.1) is 0 Å². The number of hydrogen-bond acceptors (Lipinski definition) is 2. The Morgan fingerprint density at radius 2 is 1.93 bits per heavy atom. The van der Waals surface area contributed by atoms with Crippen molar-refractivity contribution < 1.29 is 9.59 Å².